The molecule has 26 heavy (non-hydrogen) atoms. The van der Waals surface area contributed by atoms with Crippen LogP contribution in [-0.4, -0.2) is 38.1 Å². The van der Waals surface area contributed by atoms with Crippen LogP contribution in [0.2, 0.25) is 5.02 Å². The van der Waals surface area contributed by atoms with Crippen molar-refractivity contribution in [3.05, 3.63) is 63.8 Å². The SMILES string of the molecule is OCCN(Cc1cccc(Cl)c1)c1ccc2nnc(-c3ccsc3)n2n1. The van der Waals surface area contributed by atoms with E-state index in [0.717, 1.165) is 16.9 Å². The average Bonchev–Trinajstić information content (AvgIpc) is 3.30. The van der Waals surface area contributed by atoms with Crippen LogP contribution < -0.4 is 4.90 Å². The van der Waals surface area contributed by atoms with Gasteiger partial charge in [-0.3, -0.25) is 0 Å². The van der Waals surface area contributed by atoms with Gasteiger partial charge in [0.05, 0.1) is 6.61 Å². The molecule has 0 aliphatic carbocycles. The fourth-order valence-electron chi connectivity index (χ4n) is 2.77. The normalized spacial score (nSPS) is 11.2. The van der Waals surface area contributed by atoms with E-state index in [-0.39, 0.29) is 6.61 Å². The first-order valence-electron chi connectivity index (χ1n) is 8.10. The smallest absolute Gasteiger partial charge is 0.186 e. The molecule has 0 aliphatic heterocycles. The van der Waals surface area contributed by atoms with Crippen LogP contribution in [0.3, 0.4) is 0 Å². The molecule has 3 heterocycles. The van der Waals surface area contributed by atoms with Gasteiger partial charge in [0.2, 0.25) is 0 Å². The van der Waals surface area contributed by atoms with Crippen LogP contribution in [0.4, 0.5) is 5.82 Å². The van der Waals surface area contributed by atoms with Gasteiger partial charge in [-0.2, -0.15) is 15.9 Å². The molecule has 6 nitrogen and oxygen atoms in total. The van der Waals surface area contributed by atoms with Crippen molar-refractivity contribution in [2.75, 3.05) is 18.1 Å². The molecule has 0 aliphatic rings. The molecule has 1 aromatic carbocycles. The summed E-state index contributed by atoms with van der Waals surface area (Å²) in [6.45, 7) is 1.08. The number of halogens is 1. The molecule has 0 saturated heterocycles. The summed E-state index contributed by atoms with van der Waals surface area (Å²) in [6.07, 6.45) is 0. The quantitative estimate of drug-likeness (QED) is 0.550. The predicted molar refractivity (Wildman–Crippen MR) is 104 cm³/mol. The molecule has 4 aromatic rings. The van der Waals surface area contributed by atoms with E-state index in [1.165, 1.54) is 0 Å². The van der Waals surface area contributed by atoms with Gasteiger partial charge in [0.1, 0.15) is 5.82 Å². The summed E-state index contributed by atoms with van der Waals surface area (Å²) in [5.41, 5.74) is 2.71. The maximum atomic E-state index is 9.48. The van der Waals surface area contributed by atoms with Gasteiger partial charge < -0.3 is 10.0 Å². The van der Waals surface area contributed by atoms with Crippen molar-refractivity contribution in [3.63, 3.8) is 0 Å². The van der Waals surface area contributed by atoms with Crippen LogP contribution in [0.1, 0.15) is 5.56 Å². The van der Waals surface area contributed by atoms with Crippen LogP contribution in [0.5, 0.6) is 0 Å². The molecule has 8 heteroatoms. The topological polar surface area (TPSA) is 66.5 Å². The van der Waals surface area contributed by atoms with E-state index in [1.54, 1.807) is 15.9 Å². The average molecular weight is 386 g/mol. The summed E-state index contributed by atoms with van der Waals surface area (Å²) < 4.78 is 1.74. The van der Waals surface area contributed by atoms with Crippen molar-refractivity contribution < 1.29 is 5.11 Å². The highest BCUT2D eigenvalue weighted by Gasteiger charge is 2.14. The Kier molecular flexibility index (Phi) is 4.83. The third-order valence-electron chi connectivity index (χ3n) is 3.98. The summed E-state index contributed by atoms with van der Waals surface area (Å²) in [6, 6.07) is 13.4. The largest absolute Gasteiger partial charge is 0.395 e. The lowest BCUT2D eigenvalue weighted by atomic mass is 10.2. The molecule has 0 radical (unpaired) electrons. The Bertz CT molecular complexity index is 1020. The van der Waals surface area contributed by atoms with Gasteiger partial charge in [-0.15, -0.1) is 15.3 Å². The Morgan fingerprint density at radius 3 is 2.85 bits per heavy atom. The van der Waals surface area contributed by atoms with E-state index in [1.807, 2.05) is 58.1 Å². The lowest BCUT2D eigenvalue weighted by molar-refractivity contribution is 0.301. The van der Waals surface area contributed by atoms with Crippen LogP contribution in [-0.2, 0) is 6.54 Å². The van der Waals surface area contributed by atoms with Crippen molar-refractivity contribution in [3.8, 4) is 11.4 Å². The third-order valence-corrected chi connectivity index (χ3v) is 4.90. The molecular weight excluding hydrogens is 370 g/mol. The Balaban J connectivity index is 1.71. The number of rotatable bonds is 6. The number of thiophene rings is 1. The molecule has 0 bridgehead atoms. The minimum absolute atomic E-state index is 0.0276. The zero-order chi connectivity index (χ0) is 17.9. The number of fused-ring (bicyclic) bond motifs is 1. The Morgan fingerprint density at radius 1 is 1.15 bits per heavy atom. The summed E-state index contributed by atoms with van der Waals surface area (Å²) in [5.74, 6) is 1.44. The minimum Gasteiger partial charge on any atom is -0.395 e. The number of aliphatic hydroxyl groups is 1. The zero-order valence-electron chi connectivity index (χ0n) is 13.8. The first kappa shape index (κ1) is 17.0. The minimum atomic E-state index is 0.0276. The van der Waals surface area contributed by atoms with Crippen molar-refractivity contribution in [2.24, 2.45) is 0 Å². The second-order valence-electron chi connectivity index (χ2n) is 5.77. The highest BCUT2D eigenvalue weighted by atomic mass is 35.5. The Morgan fingerprint density at radius 2 is 2.08 bits per heavy atom. The summed E-state index contributed by atoms with van der Waals surface area (Å²) in [4.78, 5) is 2.00. The summed E-state index contributed by atoms with van der Waals surface area (Å²) >= 11 is 7.69. The highest BCUT2D eigenvalue weighted by molar-refractivity contribution is 7.08. The predicted octanol–water partition coefficient (Wildman–Crippen LogP) is 3.51. The molecule has 3 aromatic heterocycles. The number of nitrogens with zero attached hydrogens (tertiary/aromatic N) is 5. The monoisotopic (exact) mass is 385 g/mol. The van der Waals surface area contributed by atoms with Crippen molar-refractivity contribution >= 4 is 34.4 Å². The number of aliphatic hydroxyl groups excluding tert-OH is 1. The Labute approximate surface area is 159 Å². The van der Waals surface area contributed by atoms with E-state index in [0.29, 0.717) is 29.6 Å². The van der Waals surface area contributed by atoms with Crippen LogP contribution in [0.25, 0.3) is 17.0 Å². The maximum Gasteiger partial charge on any atom is 0.186 e. The van der Waals surface area contributed by atoms with Gasteiger partial charge in [-0.25, -0.2) is 0 Å². The third kappa shape index (κ3) is 3.41. The number of benzene rings is 1. The van der Waals surface area contributed by atoms with Crippen molar-refractivity contribution in [2.45, 2.75) is 6.54 Å². The molecule has 132 valence electrons. The van der Waals surface area contributed by atoms with Gasteiger partial charge in [0, 0.05) is 29.1 Å². The number of hydrogen-bond acceptors (Lipinski definition) is 6. The number of aromatic nitrogens is 4. The van der Waals surface area contributed by atoms with Gasteiger partial charge in [0.25, 0.3) is 0 Å². The van der Waals surface area contributed by atoms with Gasteiger partial charge in [-0.1, -0.05) is 23.7 Å². The van der Waals surface area contributed by atoms with Crippen molar-refractivity contribution in [1.29, 1.82) is 0 Å². The zero-order valence-corrected chi connectivity index (χ0v) is 15.4. The highest BCUT2D eigenvalue weighted by Crippen LogP contribution is 2.22. The molecule has 0 saturated carbocycles. The van der Waals surface area contributed by atoms with Crippen LogP contribution >= 0.6 is 22.9 Å². The first-order chi connectivity index (χ1) is 12.7. The number of hydrogen-bond donors (Lipinski definition) is 1. The molecule has 4 rings (SSSR count). The lowest BCUT2D eigenvalue weighted by Gasteiger charge is -2.23. The van der Waals surface area contributed by atoms with E-state index in [9.17, 15) is 5.11 Å². The first-order valence-corrected chi connectivity index (χ1v) is 9.42. The van der Waals surface area contributed by atoms with Crippen LogP contribution in [0, 0.1) is 0 Å². The summed E-state index contributed by atoms with van der Waals surface area (Å²) in [5, 5.41) is 27.3. The standard InChI is InChI=1S/C18H16ClN5OS/c19-15-3-1-2-13(10-15)11-23(7-8-25)17-5-4-16-20-21-18(24(16)22-17)14-6-9-26-12-14/h1-6,9-10,12,25H,7-8,11H2. The second kappa shape index (κ2) is 7.41. The lowest BCUT2D eigenvalue weighted by Crippen LogP contribution is -2.27. The molecule has 0 fully saturated rings. The van der Waals surface area contributed by atoms with Gasteiger partial charge in [0.15, 0.2) is 11.5 Å². The fraction of sp³-hybridized carbons (Fsp3) is 0.167. The summed E-state index contributed by atoms with van der Waals surface area (Å²) in [7, 11) is 0. The van der Waals surface area contributed by atoms with E-state index < -0.39 is 0 Å². The van der Waals surface area contributed by atoms with E-state index >= 15 is 0 Å². The maximum absolute atomic E-state index is 9.48. The van der Waals surface area contributed by atoms with Gasteiger partial charge >= 0.3 is 0 Å². The van der Waals surface area contributed by atoms with Crippen LogP contribution in [0.15, 0.2) is 53.2 Å². The fourth-order valence-corrected chi connectivity index (χ4v) is 3.62. The molecular formula is C18H16ClN5OS. The molecule has 1 N–H and O–H groups in total. The molecule has 0 spiro atoms. The molecule has 0 unspecified atom stereocenters. The molecule has 0 atom stereocenters. The Hall–Kier alpha value is -2.48. The van der Waals surface area contributed by atoms with E-state index in [4.69, 9.17) is 16.7 Å². The second-order valence-corrected chi connectivity index (χ2v) is 6.99. The number of anilines is 1. The van der Waals surface area contributed by atoms with E-state index in [2.05, 4.69) is 10.2 Å². The van der Waals surface area contributed by atoms with Gasteiger partial charge in [-0.05, 0) is 41.3 Å². The van der Waals surface area contributed by atoms with Crippen molar-refractivity contribution in [1.82, 2.24) is 19.8 Å². The molecule has 0 amide bonds.